The van der Waals surface area contributed by atoms with Gasteiger partial charge in [0.15, 0.2) is 5.82 Å². The number of aryl methyl sites for hydroxylation is 3. The normalized spacial score (nSPS) is 10.6. The first-order valence-electron chi connectivity index (χ1n) is 5.35. The Morgan fingerprint density at radius 1 is 1.00 bits per heavy atom. The van der Waals surface area contributed by atoms with Crippen molar-refractivity contribution in [2.24, 2.45) is 0 Å². The molecule has 0 aliphatic rings. The van der Waals surface area contributed by atoms with Crippen molar-refractivity contribution in [1.29, 1.82) is 0 Å². The lowest BCUT2D eigenvalue weighted by atomic mass is 10.1. The van der Waals surface area contributed by atoms with Gasteiger partial charge in [-0.25, -0.2) is 9.97 Å². The second-order valence-electron chi connectivity index (χ2n) is 4.18. The van der Waals surface area contributed by atoms with E-state index in [0.717, 1.165) is 15.7 Å². The van der Waals surface area contributed by atoms with Crippen LogP contribution in [0.2, 0.25) is 0 Å². The molecule has 1 heterocycles. The molecule has 0 radical (unpaired) electrons. The molecule has 1 aromatic carbocycles. The highest BCUT2D eigenvalue weighted by atomic mass is 79.9. The Morgan fingerprint density at radius 2 is 1.59 bits per heavy atom. The SMILES string of the molecule is Cc1cc(N)nc(-c2cc(C)c(Br)c(C)c2)n1. The van der Waals surface area contributed by atoms with Crippen molar-refractivity contribution in [2.45, 2.75) is 20.8 Å². The smallest absolute Gasteiger partial charge is 0.161 e. The Balaban J connectivity index is 2.60. The van der Waals surface area contributed by atoms with Gasteiger partial charge in [0, 0.05) is 21.8 Å². The first kappa shape index (κ1) is 12.0. The molecule has 3 nitrogen and oxygen atoms in total. The summed E-state index contributed by atoms with van der Waals surface area (Å²) in [7, 11) is 0. The Kier molecular flexibility index (Phi) is 3.15. The zero-order chi connectivity index (χ0) is 12.6. The Labute approximate surface area is 109 Å². The molecule has 0 aliphatic heterocycles. The van der Waals surface area contributed by atoms with Gasteiger partial charge in [0.05, 0.1) is 0 Å². The third kappa shape index (κ3) is 2.47. The summed E-state index contributed by atoms with van der Waals surface area (Å²) >= 11 is 3.55. The lowest BCUT2D eigenvalue weighted by Crippen LogP contribution is -1.98. The molecule has 2 rings (SSSR count). The molecule has 0 spiro atoms. The fraction of sp³-hybridized carbons (Fsp3) is 0.231. The minimum absolute atomic E-state index is 0.505. The highest BCUT2D eigenvalue weighted by Gasteiger charge is 2.07. The second-order valence-corrected chi connectivity index (χ2v) is 4.97. The van der Waals surface area contributed by atoms with Crippen molar-refractivity contribution in [3.63, 3.8) is 0 Å². The largest absolute Gasteiger partial charge is 0.384 e. The number of halogens is 1. The number of anilines is 1. The fourth-order valence-corrected chi connectivity index (χ4v) is 2.03. The summed E-state index contributed by atoms with van der Waals surface area (Å²) in [5, 5.41) is 0. The molecule has 0 saturated heterocycles. The molecule has 0 saturated carbocycles. The Morgan fingerprint density at radius 3 is 2.12 bits per heavy atom. The van der Waals surface area contributed by atoms with Crippen LogP contribution in [0.25, 0.3) is 11.4 Å². The van der Waals surface area contributed by atoms with Crippen molar-refractivity contribution in [3.8, 4) is 11.4 Å². The predicted octanol–water partition coefficient (Wildman–Crippen LogP) is 3.41. The molecular weight excluding hydrogens is 278 g/mol. The molecule has 0 aliphatic carbocycles. The van der Waals surface area contributed by atoms with Gasteiger partial charge in [0.2, 0.25) is 0 Å². The molecule has 17 heavy (non-hydrogen) atoms. The van der Waals surface area contributed by atoms with Crippen LogP contribution in [-0.4, -0.2) is 9.97 Å². The van der Waals surface area contributed by atoms with E-state index in [0.29, 0.717) is 11.6 Å². The first-order valence-corrected chi connectivity index (χ1v) is 6.15. The van der Waals surface area contributed by atoms with Crippen LogP contribution >= 0.6 is 15.9 Å². The van der Waals surface area contributed by atoms with Crippen LogP contribution in [0.5, 0.6) is 0 Å². The third-order valence-corrected chi connectivity index (χ3v) is 3.82. The monoisotopic (exact) mass is 291 g/mol. The zero-order valence-corrected chi connectivity index (χ0v) is 11.7. The topological polar surface area (TPSA) is 51.8 Å². The summed E-state index contributed by atoms with van der Waals surface area (Å²) in [6, 6.07) is 5.89. The van der Waals surface area contributed by atoms with E-state index in [9.17, 15) is 0 Å². The summed E-state index contributed by atoms with van der Waals surface area (Å²) in [5.41, 5.74) is 9.96. The van der Waals surface area contributed by atoms with E-state index in [1.165, 1.54) is 11.1 Å². The molecule has 1 aromatic heterocycles. The van der Waals surface area contributed by atoms with Gasteiger partial charge in [-0.05, 0) is 44.0 Å². The quantitative estimate of drug-likeness (QED) is 0.876. The maximum Gasteiger partial charge on any atom is 0.161 e. The van der Waals surface area contributed by atoms with E-state index in [2.05, 4.69) is 51.9 Å². The minimum Gasteiger partial charge on any atom is -0.384 e. The van der Waals surface area contributed by atoms with Gasteiger partial charge in [0.1, 0.15) is 5.82 Å². The van der Waals surface area contributed by atoms with Crippen LogP contribution in [0.3, 0.4) is 0 Å². The van der Waals surface area contributed by atoms with Gasteiger partial charge in [-0.3, -0.25) is 0 Å². The van der Waals surface area contributed by atoms with Crippen LogP contribution in [0.4, 0.5) is 5.82 Å². The number of nitrogens with zero attached hydrogens (tertiary/aromatic N) is 2. The molecule has 88 valence electrons. The molecule has 4 heteroatoms. The van der Waals surface area contributed by atoms with Gasteiger partial charge in [-0.1, -0.05) is 15.9 Å². The van der Waals surface area contributed by atoms with Crippen LogP contribution in [0.1, 0.15) is 16.8 Å². The summed E-state index contributed by atoms with van der Waals surface area (Å²) in [4.78, 5) is 8.68. The van der Waals surface area contributed by atoms with Crippen molar-refractivity contribution in [2.75, 3.05) is 5.73 Å². The molecule has 0 unspecified atom stereocenters. The molecule has 0 atom stereocenters. The van der Waals surface area contributed by atoms with E-state index < -0.39 is 0 Å². The zero-order valence-electron chi connectivity index (χ0n) is 10.1. The third-order valence-electron chi connectivity index (χ3n) is 2.57. The van der Waals surface area contributed by atoms with Crippen LogP contribution < -0.4 is 5.73 Å². The summed E-state index contributed by atoms with van der Waals surface area (Å²) in [5.74, 6) is 1.19. The highest BCUT2D eigenvalue weighted by molar-refractivity contribution is 9.10. The summed E-state index contributed by atoms with van der Waals surface area (Å²) in [6.07, 6.45) is 0. The van der Waals surface area contributed by atoms with Crippen molar-refractivity contribution in [1.82, 2.24) is 9.97 Å². The average Bonchev–Trinajstić information content (AvgIpc) is 2.23. The first-order chi connectivity index (χ1) is 7.97. The van der Waals surface area contributed by atoms with E-state index in [1.54, 1.807) is 6.07 Å². The molecule has 2 aromatic rings. The van der Waals surface area contributed by atoms with Crippen LogP contribution in [0.15, 0.2) is 22.7 Å². The fourth-order valence-electron chi connectivity index (χ4n) is 1.80. The van der Waals surface area contributed by atoms with Crippen molar-refractivity contribution < 1.29 is 0 Å². The van der Waals surface area contributed by atoms with Crippen LogP contribution in [0, 0.1) is 20.8 Å². The summed E-state index contributed by atoms with van der Waals surface area (Å²) in [6.45, 7) is 6.03. The molecule has 2 N–H and O–H groups in total. The molecule has 0 fully saturated rings. The van der Waals surface area contributed by atoms with Crippen LogP contribution in [-0.2, 0) is 0 Å². The van der Waals surface area contributed by atoms with Gasteiger partial charge in [0.25, 0.3) is 0 Å². The number of aromatic nitrogens is 2. The highest BCUT2D eigenvalue weighted by Crippen LogP contribution is 2.27. The van der Waals surface area contributed by atoms with E-state index in [4.69, 9.17) is 5.73 Å². The minimum atomic E-state index is 0.505. The molecule has 0 bridgehead atoms. The lowest BCUT2D eigenvalue weighted by molar-refractivity contribution is 1.11. The maximum absolute atomic E-state index is 5.74. The van der Waals surface area contributed by atoms with Crippen molar-refractivity contribution >= 4 is 21.7 Å². The van der Waals surface area contributed by atoms with Crippen molar-refractivity contribution in [3.05, 3.63) is 39.5 Å². The number of hydrogen-bond acceptors (Lipinski definition) is 3. The number of nitrogen functional groups attached to an aromatic ring is 1. The number of rotatable bonds is 1. The van der Waals surface area contributed by atoms with Gasteiger partial charge < -0.3 is 5.73 Å². The lowest BCUT2D eigenvalue weighted by Gasteiger charge is -2.08. The average molecular weight is 292 g/mol. The second kappa shape index (κ2) is 4.45. The number of benzene rings is 1. The van der Waals surface area contributed by atoms with E-state index in [-0.39, 0.29) is 0 Å². The Hall–Kier alpha value is -1.42. The van der Waals surface area contributed by atoms with Gasteiger partial charge in [-0.15, -0.1) is 0 Å². The number of nitrogens with two attached hydrogens (primary N) is 1. The van der Waals surface area contributed by atoms with E-state index >= 15 is 0 Å². The maximum atomic E-state index is 5.74. The van der Waals surface area contributed by atoms with Gasteiger partial charge in [-0.2, -0.15) is 0 Å². The van der Waals surface area contributed by atoms with E-state index in [1.807, 2.05) is 6.92 Å². The standard InChI is InChI=1S/C13H14BrN3/c1-7-4-10(5-8(2)12(7)14)13-16-9(3)6-11(15)17-13/h4-6H,1-3H3,(H2,15,16,17). The Bertz CT molecular complexity index is 536. The number of hydrogen-bond donors (Lipinski definition) is 1. The molecular formula is C13H14BrN3. The van der Waals surface area contributed by atoms with Gasteiger partial charge >= 0.3 is 0 Å². The molecule has 0 amide bonds. The summed E-state index contributed by atoms with van der Waals surface area (Å²) < 4.78 is 1.13. The predicted molar refractivity (Wildman–Crippen MR) is 73.8 cm³/mol.